The van der Waals surface area contributed by atoms with Crippen molar-refractivity contribution in [1.29, 1.82) is 0 Å². The van der Waals surface area contributed by atoms with Crippen molar-refractivity contribution in [2.75, 3.05) is 12.0 Å². The molecule has 3 atom stereocenters. The normalized spacial score (nSPS) is 15.8. The van der Waals surface area contributed by atoms with Gasteiger partial charge in [-0.05, 0) is 42.8 Å². The zero-order valence-corrected chi connectivity index (χ0v) is 16.8. The Morgan fingerprint density at radius 3 is 2.77 bits per heavy atom. The van der Waals surface area contributed by atoms with Gasteiger partial charge in [-0.25, -0.2) is 9.97 Å². The Morgan fingerprint density at radius 1 is 1.42 bits per heavy atom. The summed E-state index contributed by atoms with van der Waals surface area (Å²) in [6.45, 7) is 5.71. The van der Waals surface area contributed by atoms with E-state index in [1.165, 1.54) is 0 Å². The van der Waals surface area contributed by atoms with Crippen LogP contribution < -0.4 is 4.74 Å². The molecule has 0 saturated heterocycles. The molecule has 0 aromatic carbocycles. The monoisotopic (exact) mass is 395 g/mol. The maximum Gasteiger partial charge on any atom is 0.223 e. The fourth-order valence-electron chi connectivity index (χ4n) is 2.60. The van der Waals surface area contributed by atoms with Gasteiger partial charge < -0.3 is 9.29 Å². The molecule has 7 nitrogen and oxygen atoms in total. The Morgan fingerprint density at radius 2 is 2.15 bits per heavy atom. The SMILES string of the molecule is CCC(C)(N=[N+]=[N-])c1cnc(O[C@H](C)CC[S@+](C)[O-])c2cnc(Cl)cc12. The summed E-state index contributed by atoms with van der Waals surface area (Å²) in [7, 11) is 0. The third kappa shape index (κ3) is 4.71. The average Bonchev–Trinajstić information content (AvgIpc) is 2.60. The van der Waals surface area contributed by atoms with E-state index in [1.807, 2.05) is 20.8 Å². The maximum absolute atomic E-state index is 11.3. The summed E-state index contributed by atoms with van der Waals surface area (Å²) < 4.78 is 17.2. The lowest BCUT2D eigenvalue weighted by molar-refractivity contribution is 0.212. The molecular weight excluding hydrogens is 374 g/mol. The molecule has 140 valence electrons. The topological polar surface area (TPSA) is 107 Å². The van der Waals surface area contributed by atoms with Gasteiger partial charge in [0.15, 0.2) is 0 Å². The Bertz CT molecular complexity index is 828. The van der Waals surface area contributed by atoms with Crippen molar-refractivity contribution in [2.45, 2.75) is 45.3 Å². The van der Waals surface area contributed by atoms with Gasteiger partial charge in [-0.2, -0.15) is 0 Å². The molecule has 0 aliphatic heterocycles. The van der Waals surface area contributed by atoms with Gasteiger partial charge in [-0.15, -0.1) is 0 Å². The zero-order valence-electron chi connectivity index (χ0n) is 15.3. The highest BCUT2D eigenvalue weighted by Crippen LogP contribution is 2.37. The van der Waals surface area contributed by atoms with E-state index in [0.717, 1.165) is 10.9 Å². The molecule has 2 aromatic heterocycles. The molecule has 0 aliphatic carbocycles. The van der Waals surface area contributed by atoms with Gasteiger partial charge in [0.25, 0.3) is 0 Å². The number of hydrogen-bond donors (Lipinski definition) is 0. The van der Waals surface area contributed by atoms with Crippen LogP contribution in [0.15, 0.2) is 23.6 Å². The third-order valence-electron chi connectivity index (χ3n) is 4.36. The molecule has 1 unspecified atom stereocenters. The maximum atomic E-state index is 11.3. The number of ether oxygens (including phenoxy) is 1. The summed E-state index contributed by atoms with van der Waals surface area (Å²) in [6.07, 6.45) is 6.05. The van der Waals surface area contributed by atoms with Gasteiger partial charge in [0.05, 0.1) is 17.2 Å². The van der Waals surface area contributed by atoms with Gasteiger partial charge in [0.2, 0.25) is 5.88 Å². The first kappa shape index (κ1) is 20.6. The first-order valence-corrected chi connectivity index (χ1v) is 10.4. The number of pyridine rings is 2. The molecular formula is C17H22ClN5O2S. The summed E-state index contributed by atoms with van der Waals surface area (Å²) in [5, 5.41) is 5.79. The minimum atomic E-state index is -0.870. The Kier molecular flexibility index (Phi) is 6.94. The molecule has 9 heteroatoms. The van der Waals surface area contributed by atoms with Crippen LogP contribution in [0.25, 0.3) is 21.2 Å². The highest BCUT2D eigenvalue weighted by atomic mass is 35.5. The van der Waals surface area contributed by atoms with E-state index in [-0.39, 0.29) is 6.10 Å². The van der Waals surface area contributed by atoms with Crippen molar-refractivity contribution < 1.29 is 9.29 Å². The van der Waals surface area contributed by atoms with Crippen LogP contribution in [-0.4, -0.2) is 32.6 Å². The van der Waals surface area contributed by atoms with E-state index in [4.69, 9.17) is 21.9 Å². The van der Waals surface area contributed by atoms with E-state index in [1.54, 1.807) is 24.7 Å². The summed E-state index contributed by atoms with van der Waals surface area (Å²) in [6, 6.07) is 1.73. The first-order chi connectivity index (χ1) is 12.3. The minimum Gasteiger partial charge on any atom is -0.617 e. The smallest absolute Gasteiger partial charge is 0.223 e. The Hall–Kier alpha value is -1.73. The fraction of sp³-hybridized carbons (Fsp3) is 0.529. The standard InChI is InChI=1S/C17H22ClN5O2S/c1-5-17(3,22-23-19)14-10-21-16(25-11(2)6-7-26(4)24)13-9-20-15(18)8-12(13)14/h8-11H,5-7H2,1-4H3/t11-,17?,26+/m1/s1. The highest BCUT2D eigenvalue weighted by Gasteiger charge is 2.27. The second-order valence-corrected chi connectivity index (χ2v) is 8.28. The summed E-state index contributed by atoms with van der Waals surface area (Å²) in [4.78, 5) is 11.6. The minimum absolute atomic E-state index is 0.147. The van der Waals surface area contributed by atoms with E-state index in [9.17, 15) is 4.55 Å². The molecule has 0 bridgehead atoms. The van der Waals surface area contributed by atoms with Crippen molar-refractivity contribution in [2.24, 2.45) is 5.11 Å². The molecule has 26 heavy (non-hydrogen) atoms. The largest absolute Gasteiger partial charge is 0.617 e. The van der Waals surface area contributed by atoms with Gasteiger partial charge in [-0.1, -0.05) is 34.8 Å². The van der Waals surface area contributed by atoms with Gasteiger partial charge in [-0.3, -0.25) is 0 Å². The molecule has 0 saturated carbocycles. The van der Waals surface area contributed by atoms with Crippen molar-refractivity contribution >= 4 is 33.5 Å². The quantitative estimate of drug-likeness (QED) is 0.211. The summed E-state index contributed by atoms with van der Waals surface area (Å²) in [5.74, 6) is 0.994. The summed E-state index contributed by atoms with van der Waals surface area (Å²) >= 11 is 5.22. The molecule has 0 aliphatic rings. The lowest BCUT2D eigenvalue weighted by atomic mass is 9.88. The van der Waals surface area contributed by atoms with Crippen LogP contribution >= 0.6 is 11.6 Å². The molecule has 0 radical (unpaired) electrons. The van der Waals surface area contributed by atoms with Crippen LogP contribution in [0.4, 0.5) is 0 Å². The van der Waals surface area contributed by atoms with E-state index < -0.39 is 16.7 Å². The van der Waals surface area contributed by atoms with Crippen LogP contribution in [0.2, 0.25) is 5.15 Å². The fourth-order valence-corrected chi connectivity index (χ4v) is 3.43. The number of azide groups is 1. The van der Waals surface area contributed by atoms with Crippen LogP contribution in [0, 0.1) is 0 Å². The highest BCUT2D eigenvalue weighted by molar-refractivity contribution is 7.90. The van der Waals surface area contributed by atoms with E-state index >= 15 is 0 Å². The van der Waals surface area contributed by atoms with Gasteiger partial charge in [0.1, 0.15) is 17.0 Å². The van der Waals surface area contributed by atoms with Gasteiger partial charge in [0, 0.05) is 23.7 Å². The average molecular weight is 396 g/mol. The second-order valence-electron chi connectivity index (χ2n) is 6.34. The molecule has 2 aromatic rings. The molecule has 0 amide bonds. The molecule has 0 fully saturated rings. The van der Waals surface area contributed by atoms with Crippen molar-refractivity contribution in [3.05, 3.63) is 39.6 Å². The summed E-state index contributed by atoms with van der Waals surface area (Å²) in [5.41, 5.74) is 8.96. The number of rotatable bonds is 8. The lowest BCUT2D eigenvalue weighted by Gasteiger charge is -2.25. The molecule has 2 heterocycles. The van der Waals surface area contributed by atoms with Crippen molar-refractivity contribution in [3.63, 3.8) is 0 Å². The van der Waals surface area contributed by atoms with Crippen LogP contribution in [0.1, 0.15) is 39.2 Å². The number of halogens is 1. The van der Waals surface area contributed by atoms with Crippen molar-refractivity contribution in [1.82, 2.24) is 9.97 Å². The van der Waals surface area contributed by atoms with E-state index in [0.29, 0.717) is 35.0 Å². The molecule has 2 rings (SSSR count). The second kappa shape index (κ2) is 8.77. The van der Waals surface area contributed by atoms with Crippen molar-refractivity contribution in [3.8, 4) is 5.88 Å². The van der Waals surface area contributed by atoms with Crippen LogP contribution in [0.5, 0.6) is 5.88 Å². The Labute approximate surface area is 160 Å². The Balaban J connectivity index is 2.50. The van der Waals surface area contributed by atoms with Gasteiger partial charge >= 0.3 is 0 Å². The lowest BCUT2D eigenvalue weighted by Crippen LogP contribution is -2.20. The first-order valence-electron chi connectivity index (χ1n) is 8.28. The molecule has 0 spiro atoms. The van der Waals surface area contributed by atoms with E-state index in [2.05, 4.69) is 20.0 Å². The number of hydrogen-bond acceptors (Lipinski definition) is 5. The predicted molar refractivity (Wildman–Crippen MR) is 105 cm³/mol. The molecule has 0 N–H and O–H groups in total. The number of aromatic nitrogens is 2. The van der Waals surface area contributed by atoms with Crippen LogP contribution in [-0.2, 0) is 16.7 Å². The predicted octanol–water partition coefficient (Wildman–Crippen LogP) is 4.75. The third-order valence-corrected chi connectivity index (χ3v) is 5.38. The number of fused-ring (bicyclic) bond motifs is 1. The number of nitrogens with zero attached hydrogens (tertiary/aromatic N) is 5. The zero-order chi connectivity index (χ0) is 19.3. The van der Waals surface area contributed by atoms with Crippen LogP contribution in [0.3, 0.4) is 0 Å².